The number of amides is 1. The number of carboxylic acid groups (broad SMARTS) is 1. The molecule has 6 heteroatoms. The molecular formula is C12H18NO5-. The molecule has 1 saturated heterocycles. The van der Waals surface area contributed by atoms with Crippen LogP contribution in [-0.4, -0.2) is 55.8 Å². The average molecular weight is 256 g/mol. The van der Waals surface area contributed by atoms with Gasteiger partial charge in [-0.1, -0.05) is 0 Å². The summed E-state index contributed by atoms with van der Waals surface area (Å²) < 4.78 is 10.4. The Morgan fingerprint density at radius 2 is 2.11 bits per heavy atom. The fourth-order valence-corrected chi connectivity index (χ4v) is 2.18. The second-order valence-electron chi connectivity index (χ2n) is 4.95. The van der Waals surface area contributed by atoms with Gasteiger partial charge in [-0.15, -0.1) is 0 Å². The minimum Gasteiger partial charge on any atom is -0.548 e. The van der Waals surface area contributed by atoms with Crippen molar-refractivity contribution in [1.82, 2.24) is 4.90 Å². The van der Waals surface area contributed by atoms with Crippen LogP contribution in [0.1, 0.15) is 19.3 Å². The number of hydrogen-bond acceptors (Lipinski definition) is 5. The Balaban J connectivity index is 1.89. The first-order chi connectivity index (χ1) is 8.61. The third-order valence-electron chi connectivity index (χ3n) is 3.39. The molecule has 102 valence electrons. The first kappa shape index (κ1) is 13.3. The fourth-order valence-electron chi connectivity index (χ4n) is 2.18. The number of ether oxygens (including phenoxy) is 2. The van der Waals surface area contributed by atoms with E-state index in [-0.39, 0.29) is 18.6 Å². The molecule has 2 aliphatic rings. The van der Waals surface area contributed by atoms with E-state index in [0.717, 1.165) is 0 Å². The number of carbonyl (C=O) groups excluding carboxylic acids is 2. The van der Waals surface area contributed by atoms with Crippen molar-refractivity contribution >= 4 is 11.9 Å². The van der Waals surface area contributed by atoms with Crippen LogP contribution in [0, 0.1) is 5.92 Å². The number of carbonyl (C=O) groups is 2. The van der Waals surface area contributed by atoms with Gasteiger partial charge in [-0.3, -0.25) is 4.79 Å². The first-order valence-corrected chi connectivity index (χ1v) is 6.22. The zero-order valence-corrected chi connectivity index (χ0v) is 10.5. The molecule has 18 heavy (non-hydrogen) atoms. The van der Waals surface area contributed by atoms with Crippen molar-refractivity contribution in [2.45, 2.75) is 31.4 Å². The lowest BCUT2D eigenvalue weighted by atomic mass is 10.2. The molecule has 1 aliphatic heterocycles. The molecule has 1 amide bonds. The van der Waals surface area contributed by atoms with Gasteiger partial charge in [0.15, 0.2) is 0 Å². The smallest absolute Gasteiger partial charge is 0.249 e. The lowest BCUT2D eigenvalue weighted by Gasteiger charge is -2.24. The predicted octanol–water partition coefficient (Wildman–Crippen LogP) is -1.22. The quantitative estimate of drug-likeness (QED) is 0.595. The molecular weight excluding hydrogens is 238 g/mol. The lowest BCUT2D eigenvalue weighted by molar-refractivity contribution is -0.310. The zero-order valence-electron chi connectivity index (χ0n) is 10.5. The summed E-state index contributed by atoms with van der Waals surface area (Å²) in [5.74, 6) is -0.934. The molecule has 0 aromatic heterocycles. The van der Waals surface area contributed by atoms with Gasteiger partial charge in [0.2, 0.25) is 5.91 Å². The van der Waals surface area contributed by atoms with Gasteiger partial charge >= 0.3 is 0 Å². The molecule has 0 radical (unpaired) electrons. The van der Waals surface area contributed by atoms with Gasteiger partial charge < -0.3 is 24.3 Å². The molecule has 2 atom stereocenters. The Kier molecular flexibility index (Phi) is 4.19. The topological polar surface area (TPSA) is 78.9 Å². The van der Waals surface area contributed by atoms with E-state index in [1.54, 1.807) is 0 Å². The molecule has 0 unspecified atom stereocenters. The van der Waals surface area contributed by atoms with E-state index < -0.39 is 12.0 Å². The van der Waals surface area contributed by atoms with E-state index >= 15 is 0 Å². The summed E-state index contributed by atoms with van der Waals surface area (Å²) in [7, 11) is 1.41. The monoisotopic (exact) mass is 256 g/mol. The number of likely N-dealkylation sites (tertiary alicyclic amines) is 1. The molecule has 2 fully saturated rings. The van der Waals surface area contributed by atoms with Crippen molar-refractivity contribution in [2.75, 3.05) is 26.9 Å². The Morgan fingerprint density at radius 1 is 1.39 bits per heavy atom. The molecule has 1 heterocycles. The second-order valence-corrected chi connectivity index (χ2v) is 4.95. The molecule has 0 bridgehead atoms. The maximum atomic E-state index is 11.7. The highest BCUT2D eigenvalue weighted by Crippen LogP contribution is 2.30. The molecule has 0 aromatic rings. The van der Waals surface area contributed by atoms with Gasteiger partial charge in [-0.2, -0.15) is 0 Å². The van der Waals surface area contributed by atoms with Gasteiger partial charge in [0, 0.05) is 26.7 Å². The number of methoxy groups -OCH3 is 1. The number of nitrogens with zero attached hydrogens (tertiary/aromatic N) is 1. The van der Waals surface area contributed by atoms with E-state index in [9.17, 15) is 14.7 Å². The van der Waals surface area contributed by atoms with Crippen LogP contribution < -0.4 is 5.11 Å². The highest BCUT2D eigenvalue weighted by atomic mass is 16.5. The summed E-state index contributed by atoms with van der Waals surface area (Å²) in [6.45, 7) is 0.865. The van der Waals surface area contributed by atoms with Crippen molar-refractivity contribution in [2.24, 2.45) is 5.92 Å². The van der Waals surface area contributed by atoms with E-state index in [1.165, 1.54) is 24.9 Å². The molecule has 6 nitrogen and oxygen atoms in total. The normalized spacial score (nSPS) is 27.5. The van der Waals surface area contributed by atoms with Crippen LogP contribution in [0.2, 0.25) is 0 Å². The highest BCUT2D eigenvalue weighted by Gasteiger charge is 2.37. The van der Waals surface area contributed by atoms with Crippen LogP contribution in [0.15, 0.2) is 0 Å². The molecule has 1 saturated carbocycles. The Hall–Kier alpha value is -1.14. The predicted molar refractivity (Wildman–Crippen MR) is 59.5 cm³/mol. The van der Waals surface area contributed by atoms with E-state index in [0.29, 0.717) is 25.5 Å². The number of carboxylic acids is 1. The van der Waals surface area contributed by atoms with E-state index in [4.69, 9.17) is 9.47 Å². The van der Waals surface area contributed by atoms with Crippen LogP contribution >= 0.6 is 0 Å². The zero-order chi connectivity index (χ0) is 13.1. The minimum absolute atomic E-state index is 0.112. The molecule has 0 spiro atoms. The standard InChI is InChI=1S/C12H19NO5/c1-17-7-11(14)13-5-9(4-10(13)12(15)16)18-6-8-2-3-8/h8-10H,2-7H2,1H3,(H,15,16)/p-1/t9-,10+/m1/s1. The minimum atomic E-state index is -1.23. The third kappa shape index (κ3) is 3.20. The van der Waals surface area contributed by atoms with Crippen LogP contribution in [0.4, 0.5) is 0 Å². The van der Waals surface area contributed by atoms with Crippen molar-refractivity contribution in [3.63, 3.8) is 0 Å². The Labute approximate surface area is 106 Å². The maximum Gasteiger partial charge on any atom is 0.249 e. The molecule has 0 aromatic carbocycles. The summed E-state index contributed by atoms with van der Waals surface area (Å²) >= 11 is 0. The maximum absolute atomic E-state index is 11.7. The van der Waals surface area contributed by atoms with Gasteiger partial charge in [0.05, 0.1) is 18.1 Å². The lowest BCUT2D eigenvalue weighted by Crippen LogP contribution is -2.48. The second kappa shape index (κ2) is 5.67. The van der Waals surface area contributed by atoms with Crippen molar-refractivity contribution < 1.29 is 24.2 Å². The van der Waals surface area contributed by atoms with E-state index in [1.807, 2.05) is 0 Å². The highest BCUT2D eigenvalue weighted by molar-refractivity contribution is 5.84. The summed E-state index contributed by atoms with van der Waals surface area (Å²) in [5, 5.41) is 11.0. The number of rotatable bonds is 6. The van der Waals surface area contributed by atoms with Gasteiger partial charge in [0.25, 0.3) is 0 Å². The van der Waals surface area contributed by atoms with Crippen LogP contribution in [0.3, 0.4) is 0 Å². The van der Waals surface area contributed by atoms with Gasteiger partial charge in [-0.05, 0) is 18.8 Å². The summed E-state index contributed by atoms with van der Waals surface area (Å²) in [4.78, 5) is 24.0. The Bertz CT molecular complexity index is 328. The molecule has 0 N–H and O–H groups in total. The Morgan fingerprint density at radius 3 is 2.67 bits per heavy atom. The van der Waals surface area contributed by atoms with Crippen LogP contribution in [0.25, 0.3) is 0 Å². The van der Waals surface area contributed by atoms with Crippen molar-refractivity contribution in [3.8, 4) is 0 Å². The van der Waals surface area contributed by atoms with Gasteiger partial charge in [-0.25, -0.2) is 0 Å². The summed E-state index contributed by atoms with van der Waals surface area (Å²) in [5.41, 5.74) is 0. The third-order valence-corrected chi connectivity index (χ3v) is 3.39. The van der Waals surface area contributed by atoms with E-state index in [2.05, 4.69) is 0 Å². The number of hydrogen-bond donors (Lipinski definition) is 0. The molecule has 1 aliphatic carbocycles. The first-order valence-electron chi connectivity index (χ1n) is 6.22. The van der Waals surface area contributed by atoms with Crippen LogP contribution in [0.5, 0.6) is 0 Å². The van der Waals surface area contributed by atoms with Gasteiger partial charge in [0.1, 0.15) is 6.61 Å². The summed E-state index contributed by atoms with van der Waals surface area (Å²) in [6, 6.07) is -0.892. The molecule has 2 rings (SSSR count). The van der Waals surface area contributed by atoms with Crippen molar-refractivity contribution in [1.29, 1.82) is 0 Å². The van der Waals surface area contributed by atoms with Crippen LogP contribution in [-0.2, 0) is 19.1 Å². The average Bonchev–Trinajstić information content (AvgIpc) is 3.04. The summed E-state index contributed by atoms with van der Waals surface area (Å²) in [6.07, 6.45) is 2.48. The van der Waals surface area contributed by atoms with Crippen molar-refractivity contribution in [3.05, 3.63) is 0 Å². The fraction of sp³-hybridized carbons (Fsp3) is 0.833. The SMILES string of the molecule is COCC(=O)N1C[C@H](OCC2CC2)C[C@H]1C(=O)[O-]. The number of aliphatic carboxylic acids is 1. The largest absolute Gasteiger partial charge is 0.548 e.